The van der Waals surface area contributed by atoms with E-state index in [0.29, 0.717) is 6.61 Å². The first-order chi connectivity index (χ1) is 7.65. The van der Waals surface area contributed by atoms with Crippen LogP contribution in [0.5, 0.6) is 0 Å². The Morgan fingerprint density at radius 2 is 2.19 bits per heavy atom. The van der Waals surface area contributed by atoms with E-state index in [9.17, 15) is 9.59 Å². The quantitative estimate of drug-likeness (QED) is 0.543. The predicted molar refractivity (Wildman–Crippen MR) is 58.7 cm³/mol. The van der Waals surface area contributed by atoms with Crippen LogP contribution in [0.3, 0.4) is 0 Å². The zero-order valence-corrected chi connectivity index (χ0v) is 9.82. The minimum atomic E-state index is -0.835. The number of rotatable bonds is 4. The molecule has 1 aliphatic rings. The normalized spacial score (nSPS) is 17.2. The Balaban J connectivity index is 2.72. The summed E-state index contributed by atoms with van der Waals surface area (Å²) < 4.78 is 9.92. The van der Waals surface area contributed by atoms with Crippen LogP contribution >= 0.6 is 0 Å². The van der Waals surface area contributed by atoms with Gasteiger partial charge in [0, 0.05) is 6.92 Å². The number of ether oxygens (including phenoxy) is 2. The Bertz CT molecular complexity index is 293. The lowest BCUT2D eigenvalue weighted by atomic mass is 9.95. The molecule has 1 unspecified atom stereocenters. The highest BCUT2D eigenvalue weighted by Crippen LogP contribution is 2.23. The summed E-state index contributed by atoms with van der Waals surface area (Å²) >= 11 is 0. The molecule has 0 heterocycles. The lowest BCUT2D eigenvalue weighted by molar-refractivity contribution is -0.163. The number of allylic oxidation sites excluding steroid dienone is 1. The maximum Gasteiger partial charge on any atom is 0.351 e. The van der Waals surface area contributed by atoms with Crippen molar-refractivity contribution >= 4 is 11.9 Å². The first kappa shape index (κ1) is 12.7. The maximum atomic E-state index is 11.6. The zero-order valence-electron chi connectivity index (χ0n) is 9.82. The Morgan fingerprint density at radius 3 is 2.69 bits per heavy atom. The molecule has 0 bridgehead atoms. The molecule has 90 valence electrons. The van der Waals surface area contributed by atoms with Gasteiger partial charge < -0.3 is 9.47 Å². The molecule has 1 rings (SSSR count). The molecule has 16 heavy (non-hydrogen) atoms. The summed E-state index contributed by atoms with van der Waals surface area (Å²) in [4.78, 5) is 22.6. The molecule has 0 spiro atoms. The van der Waals surface area contributed by atoms with Crippen LogP contribution in [0.1, 0.15) is 39.5 Å². The third kappa shape index (κ3) is 3.68. The zero-order chi connectivity index (χ0) is 12.0. The van der Waals surface area contributed by atoms with Crippen molar-refractivity contribution in [3.05, 3.63) is 11.6 Å². The van der Waals surface area contributed by atoms with Crippen LogP contribution < -0.4 is 0 Å². The van der Waals surface area contributed by atoms with Crippen LogP contribution in [-0.4, -0.2) is 24.6 Å². The fourth-order valence-corrected chi connectivity index (χ4v) is 1.76. The van der Waals surface area contributed by atoms with Gasteiger partial charge in [0.1, 0.15) is 0 Å². The monoisotopic (exact) mass is 226 g/mol. The number of hydrogen-bond donors (Lipinski definition) is 0. The average molecular weight is 226 g/mol. The lowest BCUT2D eigenvalue weighted by Gasteiger charge is -2.21. The van der Waals surface area contributed by atoms with E-state index in [1.165, 1.54) is 6.92 Å². The molecule has 0 fully saturated rings. The van der Waals surface area contributed by atoms with Crippen LogP contribution in [0, 0.1) is 0 Å². The highest BCUT2D eigenvalue weighted by atomic mass is 16.6. The largest absolute Gasteiger partial charge is 0.463 e. The van der Waals surface area contributed by atoms with Gasteiger partial charge in [-0.2, -0.15) is 0 Å². The van der Waals surface area contributed by atoms with Crippen LogP contribution in [0.25, 0.3) is 0 Å². The van der Waals surface area contributed by atoms with E-state index in [-0.39, 0.29) is 0 Å². The molecule has 0 saturated carbocycles. The SMILES string of the molecule is CCOC(=O)C(OC(C)=O)C1=CCCCC1. The number of hydrogen-bond acceptors (Lipinski definition) is 4. The summed E-state index contributed by atoms with van der Waals surface area (Å²) in [5, 5.41) is 0. The maximum absolute atomic E-state index is 11.6. The second-order valence-corrected chi connectivity index (χ2v) is 3.77. The number of esters is 2. The highest BCUT2D eigenvalue weighted by Gasteiger charge is 2.27. The van der Waals surface area contributed by atoms with E-state index in [1.807, 2.05) is 6.08 Å². The molecule has 0 radical (unpaired) electrons. The predicted octanol–water partition coefficient (Wildman–Crippen LogP) is 1.98. The van der Waals surface area contributed by atoms with E-state index in [0.717, 1.165) is 31.3 Å². The van der Waals surface area contributed by atoms with Gasteiger partial charge in [0.05, 0.1) is 6.61 Å². The van der Waals surface area contributed by atoms with E-state index in [4.69, 9.17) is 9.47 Å². The summed E-state index contributed by atoms with van der Waals surface area (Å²) in [7, 11) is 0. The molecule has 0 aromatic heterocycles. The van der Waals surface area contributed by atoms with Crippen molar-refractivity contribution in [3.63, 3.8) is 0 Å². The Labute approximate surface area is 95.6 Å². The van der Waals surface area contributed by atoms with Crippen molar-refractivity contribution in [2.45, 2.75) is 45.6 Å². The molecule has 1 aliphatic carbocycles. The van der Waals surface area contributed by atoms with E-state index in [1.54, 1.807) is 6.92 Å². The van der Waals surface area contributed by atoms with Crippen molar-refractivity contribution in [1.82, 2.24) is 0 Å². The van der Waals surface area contributed by atoms with Crippen molar-refractivity contribution < 1.29 is 19.1 Å². The fourth-order valence-electron chi connectivity index (χ4n) is 1.76. The smallest absolute Gasteiger partial charge is 0.351 e. The van der Waals surface area contributed by atoms with Gasteiger partial charge in [0.2, 0.25) is 6.10 Å². The summed E-state index contributed by atoms with van der Waals surface area (Å²) in [6.07, 6.45) is 5.04. The molecule has 4 heteroatoms. The van der Waals surface area contributed by atoms with Crippen molar-refractivity contribution in [1.29, 1.82) is 0 Å². The van der Waals surface area contributed by atoms with Gasteiger partial charge in [0.25, 0.3) is 0 Å². The van der Waals surface area contributed by atoms with Crippen molar-refractivity contribution in [3.8, 4) is 0 Å². The third-order valence-corrected chi connectivity index (χ3v) is 2.45. The summed E-state index contributed by atoms with van der Waals surface area (Å²) in [6, 6.07) is 0. The van der Waals surface area contributed by atoms with Crippen LogP contribution in [-0.2, 0) is 19.1 Å². The second-order valence-electron chi connectivity index (χ2n) is 3.77. The molecule has 0 N–H and O–H groups in total. The van der Waals surface area contributed by atoms with Crippen LogP contribution in [0.15, 0.2) is 11.6 Å². The number of carbonyl (C=O) groups excluding carboxylic acids is 2. The Hall–Kier alpha value is -1.32. The van der Waals surface area contributed by atoms with Gasteiger partial charge in [-0.3, -0.25) is 4.79 Å². The van der Waals surface area contributed by atoms with Gasteiger partial charge in [-0.05, 0) is 38.2 Å². The molecule has 4 nitrogen and oxygen atoms in total. The van der Waals surface area contributed by atoms with Crippen molar-refractivity contribution in [2.75, 3.05) is 6.61 Å². The Kier molecular flexibility index (Phi) is 5.02. The van der Waals surface area contributed by atoms with Crippen LogP contribution in [0.2, 0.25) is 0 Å². The van der Waals surface area contributed by atoms with Gasteiger partial charge in [-0.25, -0.2) is 4.79 Å². The fraction of sp³-hybridized carbons (Fsp3) is 0.667. The highest BCUT2D eigenvalue weighted by molar-refractivity contribution is 5.81. The van der Waals surface area contributed by atoms with E-state index in [2.05, 4.69) is 0 Å². The first-order valence-corrected chi connectivity index (χ1v) is 5.68. The Morgan fingerprint density at radius 1 is 1.44 bits per heavy atom. The van der Waals surface area contributed by atoms with Crippen LogP contribution in [0.4, 0.5) is 0 Å². The second kappa shape index (κ2) is 6.30. The molecule has 0 aromatic rings. The van der Waals surface area contributed by atoms with Crippen molar-refractivity contribution in [2.24, 2.45) is 0 Å². The molecule has 0 amide bonds. The summed E-state index contributed by atoms with van der Waals surface area (Å²) in [5.41, 5.74) is 0.875. The molecule has 0 aliphatic heterocycles. The summed E-state index contributed by atoms with van der Waals surface area (Å²) in [5.74, 6) is -0.921. The lowest BCUT2D eigenvalue weighted by Crippen LogP contribution is -2.31. The molecule has 0 saturated heterocycles. The number of carbonyl (C=O) groups is 2. The first-order valence-electron chi connectivity index (χ1n) is 5.68. The molecular weight excluding hydrogens is 208 g/mol. The topological polar surface area (TPSA) is 52.6 Å². The molecule has 0 aromatic carbocycles. The van der Waals surface area contributed by atoms with Gasteiger partial charge >= 0.3 is 11.9 Å². The molecule has 1 atom stereocenters. The third-order valence-electron chi connectivity index (χ3n) is 2.45. The van der Waals surface area contributed by atoms with Gasteiger partial charge in [0.15, 0.2) is 0 Å². The standard InChI is InChI=1S/C12H18O4/c1-3-15-12(14)11(16-9(2)13)10-7-5-4-6-8-10/h7,11H,3-6,8H2,1-2H3. The van der Waals surface area contributed by atoms with Gasteiger partial charge in [-0.1, -0.05) is 6.08 Å². The van der Waals surface area contributed by atoms with E-state index >= 15 is 0 Å². The minimum absolute atomic E-state index is 0.296. The van der Waals surface area contributed by atoms with E-state index < -0.39 is 18.0 Å². The molecular formula is C12H18O4. The van der Waals surface area contributed by atoms with Gasteiger partial charge in [-0.15, -0.1) is 0 Å². The summed E-state index contributed by atoms with van der Waals surface area (Å²) in [6.45, 7) is 3.33. The minimum Gasteiger partial charge on any atom is -0.463 e. The average Bonchev–Trinajstić information content (AvgIpc) is 2.27.